The summed E-state index contributed by atoms with van der Waals surface area (Å²) in [5, 5.41) is 1.10. The lowest BCUT2D eigenvalue weighted by Crippen LogP contribution is -2.40. The van der Waals surface area contributed by atoms with Crippen molar-refractivity contribution in [2.24, 2.45) is 4.99 Å². The van der Waals surface area contributed by atoms with E-state index in [1.165, 1.54) is 15.9 Å². The van der Waals surface area contributed by atoms with Crippen LogP contribution in [0.25, 0.3) is 6.08 Å². The average Bonchev–Trinajstić information content (AvgIpc) is 3.27. The van der Waals surface area contributed by atoms with Gasteiger partial charge in [0.1, 0.15) is 12.6 Å². The molecule has 0 saturated heterocycles. The minimum absolute atomic E-state index is 0.191. The molecule has 1 aliphatic rings. The number of allylic oxidation sites excluding steroid dienone is 1. The number of ether oxygens (including phenoxy) is 3. The molecule has 0 aliphatic carbocycles. The van der Waals surface area contributed by atoms with Crippen LogP contribution in [-0.4, -0.2) is 23.8 Å². The van der Waals surface area contributed by atoms with Crippen molar-refractivity contribution < 1.29 is 19.0 Å². The largest absolute Gasteiger partial charge is 0.490 e. The van der Waals surface area contributed by atoms with Crippen molar-refractivity contribution >= 4 is 46.6 Å². The highest BCUT2D eigenvalue weighted by Crippen LogP contribution is 2.34. The first-order valence-corrected chi connectivity index (χ1v) is 15.0. The Morgan fingerprint density at radius 3 is 2.48 bits per heavy atom. The molecule has 4 aromatic rings. The third-order valence-corrected chi connectivity index (χ3v) is 8.17. The van der Waals surface area contributed by atoms with Gasteiger partial charge in [0.2, 0.25) is 0 Å². The number of halogens is 2. The van der Waals surface area contributed by atoms with Gasteiger partial charge in [0, 0.05) is 10.0 Å². The smallest absolute Gasteiger partial charge is 0.338 e. The SMILES string of the molecule is CCOC(=O)C1=C(C)N=c2s/c(=C\c3ccc(OCc4ccc(Cl)cc4)c(OCC)c3)c(=O)n2[C@@H]1c1ccccc1Cl. The summed E-state index contributed by atoms with van der Waals surface area (Å²) in [6.45, 7) is 6.35. The van der Waals surface area contributed by atoms with Crippen LogP contribution in [-0.2, 0) is 16.1 Å². The molecule has 0 saturated carbocycles. The van der Waals surface area contributed by atoms with Crippen LogP contribution < -0.4 is 24.4 Å². The molecule has 0 radical (unpaired) electrons. The molecule has 0 unspecified atom stereocenters. The van der Waals surface area contributed by atoms with Gasteiger partial charge in [-0.05, 0) is 73.9 Å². The van der Waals surface area contributed by atoms with Gasteiger partial charge in [-0.25, -0.2) is 9.79 Å². The van der Waals surface area contributed by atoms with Crippen molar-refractivity contribution in [2.75, 3.05) is 13.2 Å². The quantitative estimate of drug-likeness (QED) is 0.211. The molecule has 0 spiro atoms. The van der Waals surface area contributed by atoms with Crippen molar-refractivity contribution in [3.05, 3.63) is 124 Å². The van der Waals surface area contributed by atoms with Gasteiger partial charge in [-0.3, -0.25) is 9.36 Å². The number of rotatable bonds is 9. The summed E-state index contributed by atoms with van der Waals surface area (Å²) in [7, 11) is 0. The number of fused-ring (bicyclic) bond motifs is 1. The van der Waals surface area contributed by atoms with E-state index in [0.717, 1.165) is 11.1 Å². The zero-order chi connectivity index (χ0) is 29.8. The van der Waals surface area contributed by atoms with E-state index in [2.05, 4.69) is 4.99 Å². The van der Waals surface area contributed by atoms with Crippen LogP contribution in [0.5, 0.6) is 11.5 Å². The van der Waals surface area contributed by atoms with Crippen molar-refractivity contribution in [1.82, 2.24) is 4.57 Å². The van der Waals surface area contributed by atoms with Gasteiger partial charge in [-0.2, -0.15) is 0 Å². The highest BCUT2D eigenvalue weighted by molar-refractivity contribution is 7.07. The molecular formula is C32H28Cl2N2O5S. The second-order valence-electron chi connectivity index (χ2n) is 9.38. The lowest BCUT2D eigenvalue weighted by molar-refractivity contribution is -0.139. The fraction of sp³-hybridized carbons (Fsp3) is 0.219. The normalized spacial score (nSPS) is 14.8. The minimum Gasteiger partial charge on any atom is -0.490 e. The summed E-state index contributed by atoms with van der Waals surface area (Å²) >= 11 is 13.8. The fourth-order valence-electron chi connectivity index (χ4n) is 4.68. The van der Waals surface area contributed by atoms with Crippen LogP contribution >= 0.6 is 34.5 Å². The molecular weight excluding hydrogens is 595 g/mol. The van der Waals surface area contributed by atoms with Crippen LogP contribution in [0.15, 0.2) is 87.8 Å². The third-order valence-electron chi connectivity index (χ3n) is 6.59. The first-order valence-electron chi connectivity index (χ1n) is 13.4. The maximum Gasteiger partial charge on any atom is 0.338 e. The van der Waals surface area contributed by atoms with Crippen LogP contribution in [0.2, 0.25) is 10.0 Å². The van der Waals surface area contributed by atoms with E-state index < -0.39 is 12.0 Å². The first-order chi connectivity index (χ1) is 20.3. The average molecular weight is 624 g/mol. The number of thiazole rings is 1. The molecule has 216 valence electrons. The van der Waals surface area contributed by atoms with Crippen molar-refractivity contribution in [3.63, 3.8) is 0 Å². The summed E-state index contributed by atoms with van der Waals surface area (Å²) < 4.78 is 19.2. The summed E-state index contributed by atoms with van der Waals surface area (Å²) in [5.74, 6) is 0.606. The van der Waals surface area contributed by atoms with E-state index in [-0.39, 0.29) is 17.7 Å². The van der Waals surface area contributed by atoms with Gasteiger partial charge in [0.05, 0.1) is 29.0 Å². The molecule has 1 atom stereocenters. The summed E-state index contributed by atoms with van der Waals surface area (Å²) in [4.78, 5) is 32.1. The van der Waals surface area contributed by atoms with Crippen LogP contribution in [0.1, 0.15) is 43.5 Å². The van der Waals surface area contributed by atoms with Gasteiger partial charge >= 0.3 is 5.97 Å². The number of hydrogen-bond acceptors (Lipinski definition) is 7. The number of hydrogen-bond donors (Lipinski definition) is 0. The van der Waals surface area contributed by atoms with E-state index in [0.29, 0.717) is 55.4 Å². The Balaban J connectivity index is 1.56. The zero-order valence-corrected chi connectivity index (χ0v) is 25.6. The molecule has 0 bridgehead atoms. The number of aromatic nitrogens is 1. The monoisotopic (exact) mass is 622 g/mol. The number of esters is 1. The lowest BCUT2D eigenvalue weighted by Gasteiger charge is -2.25. The highest BCUT2D eigenvalue weighted by atomic mass is 35.5. The van der Waals surface area contributed by atoms with Gasteiger partial charge in [-0.1, -0.05) is 70.9 Å². The molecule has 2 heterocycles. The van der Waals surface area contributed by atoms with Gasteiger partial charge < -0.3 is 14.2 Å². The van der Waals surface area contributed by atoms with Crippen LogP contribution in [0.4, 0.5) is 0 Å². The molecule has 1 aromatic heterocycles. The molecule has 1 aliphatic heterocycles. The molecule has 42 heavy (non-hydrogen) atoms. The maximum absolute atomic E-state index is 13.9. The van der Waals surface area contributed by atoms with E-state index >= 15 is 0 Å². The summed E-state index contributed by atoms with van der Waals surface area (Å²) in [5.41, 5.74) is 2.80. The molecule has 0 fully saturated rings. The zero-order valence-electron chi connectivity index (χ0n) is 23.2. The summed E-state index contributed by atoms with van der Waals surface area (Å²) in [6.07, 6.45) is 1.78. The Bertz CT molecular complexity index is 1840. The van der Waals surface area contributed by atoms with E-state index in [1.807, 2.05) is 55.5 Å². The van der Waals surface area contributed by atoms with Gasteiger partial charge in [-0.15, -0.1) is 0 Å². The van der Waals surface area contributed by atoms with Crippen molar-refractivity contribution in [1.29, 1.82) is 0 Å². The minimum atomic E-state index is -0.779. The molecule has 10 heteroatoms. The number of carbonyl (C=O) groups is 1. The van der Waals surface area contributed by atoms with E-state index in [4.69, 9.17) is 37.4 Å². The standard InChI is InChI=1S/C32H28Cl2N2O5S/c1-4-39-26-16-21(12-15-25(26)41-18-20-10-13-22(33)14-11-20)17-27-30(37)36-29(23-8-6-7-9-24(23)34)28(31(38)40-5-2)19(3)35-32(36)42-27/h6-17,29H,4-5,18H2,1-3H3/b27-17-/t29-/m1/s1. The summed E-state index contributed by atoms with van der Waals surface area (Å²) in [6, 6.07) is 19.3. The van der Waals surface area contributed by atoms with Crippen LogP contribution in [0, 0.1) is 0 Å². The third kappa shape index (κ3) is 6.16. The molecule has 0 N–H and O–H groups in total. The molecule has 3 aromatic carbocycles. The highest BCUT2D eigenvalue weighted by Gasteiger charge is 2.34. The van der Waals surface area contributed by atoms with Gasteiger partial charge in [0.15, 0.2) is 16.3 Å². The maximum atomic E-state index is 13.9. The Labute approximate surface area is 256 Å². The number of benzene rings is 3. The lowest BCUT2D eigenvalue weighted by atomic mass is 9.96. The topological polar surface area (TPSA) is 79.1 Å². The number of nitrogens with zero attached hydrogens (tertiary/aromatic N) is 2. The van der Waals surface area contributed by atoms with Gasteiger partial charge in [0.25, 0.3) is 5.56 Å². The molecule has 5 rings (SSSR count). The van der Waals surface area contributed by atoms with Crippen molar-refractivity contribution in [3.8, 4) is 11.5 Å². The van der Waals surface area contributed by atoms with Crippen LogP contribution in [0.3, 0.4) is 0 Å². The van der Waals surface area contributed by atoms with Crippen molar-refractivity contribution in [2.45, 2.75) is 33.4 Å². The molecule has 7 nitrogen and oxygen atoms in total. The van der Waals surface area contributed by atoms with E-state index in [9.17, 15) is 9.59 Å². The second kappa shape index (κ2) is 13.0. The van der Waals surface area contributed by atoms with E-state index in [1.54, 1.807) is 38.1 Å². The predicted molar refractivity (Wildman–Crippen MR) is 165 cm³/mol. The Kier molecular flexibility index (Phi) is 9.16. The Morgan fingerprint density at radius 2 is 1.76 bits per heavy atom. The fourth-order valence-corrected chi connectivity index (χ4v) is 6.09. The second-order valence-corrected chi connectivity index (χ2v) is 11.2. The number of carbonyl (C=O) groups excluding carboxylic acids is 1. The Morgan fingerprint density at radius 1 is 1.00 bits per heavy atom. The Hall–Kier alpha value is -3.85. The first kappa shape index (κ1) is 29.6. The molecule has 0 amide bonds. The predicted octanol–water partition coefficient (Wildman–Crippen LogP) is 6.08.